The molecule has 0 unspecified atom stereocenters. The highest BCUT2D eigenvalue weighted by Gasteiger charge is 2.45. The first-order chi connectivity index (χ1) is 25.1. The number of carbonyl (C=O) groups is 5. The first-order valence-corrected chi connectivity index (χ1v) is 19.4. The number of ether oxygens (including phenoxy) is 3. The van der Waals surface area contributed by atoms with Gasteiger partial charge >= 0.3 is 0 Å². The standard InChI is InChI=1S/C40H46BrN3O8/c1-5-8-15-42-34-25(4)33(20-32(34)39(42)49)52-24-40(21-41,22-50-26-11-13-28-30(18-26)37(47)43(35(28)45)16-9-6-2)23-51-27-12-14-29-31(19-27)38(48)44(36(29)46)17-10-7-3/h11-14,18-20,25H,5-10,15-17,21-24H2,1-4H3/t25-/m0/s1. The Balaban J connectivity index is 1.20. The van der Waals surface area contributed by atoms with Crippen LogP contribution < -0.4 is 9.47 Å². The highest BCUT2D eigenvalue weighted by Crippen LogP contribution is 2.43. The molecule has 5 amide bonds. The summed E-state index contributed by atoms with van der Waals surface area (Å²) in [6, 6.07) is 9.85. The number of halogens is 1. The SMILES string of the molecule is CCCCN1C(=O)c2ccc(OCC(CBr)(COC3=CC4=C([C@H]3C)N(CCCC)C4=O)COc3ccc4c(c3)C(=O)N(CCCC)C4=O)cc2C1=O. The largest absolute Gasteiger partial charge is 0.496 e. The van der Waals surface area contributed by atoms with Gasteiger partial charge in [-0.2, -0.15) is 0 Å². The molecule has 276 valence electrons. The average Bonchev–Trinajstić information content (AvgIpc) is 3.68. The molecule has 52 heavy (non-hydrogen) atoms. The van der Waals surface area contributed by atoms with E-state index in [0.29, 0.717) is 70.0 Å². The molecule has 0 radical (unpaired) electrons. The second-order valence-electron chi connectivity index (χ2n) is 14.0. The summed E-state index contributed by atoms with van der Waals surface area (Å²) in [5.74, 6) is 0.205. The topological polar surface area (TPSA) is 123 Å². The van der Waals surface area contributed by atoms with Gasteiger partial charge in [0.25, 0.3) is 29.5 Å². The Morgan fingerprint density at radius 1 is 0.615 bits per heavy atom. The van der Waals surface area contributed by atoms with Crippen LogP contribution in [0.5, 0.6) is 11.5 Å². The normalized spacial score (nSPS) is 17.9. The molecular formula is C40H46BrN3O8. The van der Waals surface area contributed by atoms with Crippen molar-refractivity contribution in [2.75, 3.05) is 44.8 Å². The quantitative estimate of drug-likeness (QED) is 0.113. The molecule has 3 heterocycles. The summed E-state index contributed by atoms with van der Waals surface area (Å²) in [5, 5.41) is 0.386. The van der Waals surface area contributed by atoms with Crippen molar-refractivity contribution in [3.8, 4) is 11.5 Å². The van der Waals surface area contributed by atoms with Gasteiger partial charge in [-0.3, -0.25) is 33.8 Å². The number of hydrogen-bond donors (Lipinski definition) is 0. The number of rotatable bonds is 19. The Morgan fingerprint density at radius 3 is 1.52 bits per heavy atom. The summed E-state index contributed by atoms with van der Waals surface area (Å²) in [5.41, 5.74) is 2.22. The van der Waals surface area contributed by atoms with E-state index < -0.39 is 5.41 Å². The number of nitrogens with zero attached hydrogens (tertiary/aromatic N) is 3. The molecule has 6 rings (SSSR count). The van der Waals surface area contributed by atoms with E-state index in [1.807, 2.05) is 31.7 Å². The van der Waals surface area contributed by atoms with Crippen molar-refractivity contribution in [3.05, 3.63) is 81.8 Å². The Bertz CT molecular complexity index is 1760. The van der Waals surface area contributed by atoms with Gasteiger partial charge < -0.3 is 19.1 Å². The van der Waals surface area contributed by atoms with Crippen LogP contribution in [0.3, 0.4) is 0 Å². The summed E-state index contributed by atoms with van der Waals surface area (Å²) in [7, 11) is 0. The molecule has 2 aromatic rings. The maximum Gasteiger partial charge on any atom is 0.261 e. The molecule has 3 aliphatic heterocycles. The van der Waals surface area contributed by atoms with Crippen LogP contribution in [0, 0.1) is 11.3 Å². The highest BCUT2D eigenvalue weighted by atomic mass is 79.9. The second kappa shape index (κ2) is 15.7. The summed E-state index contributed by atoms with van der Waals surface area (Å²) in [4.78, 5) is 69.3. The maximum atomic E-state index is 13.1. The van der Waals surface area contributed by atoms with Crippen LogP contribution in [-0.2, 0) is 9.53 Å². The van der Waals surface area contributed by atoms with Crippen LogP contribution in [0.15, 0.2) is 59.5 Å². The van der Waals surface area contributed by atoms with Crippen molar-refractivity contribution in [3.63, 3.8) is 0 Å². The number of unbranched alkanes of at least 4 members (excludes halogenated alkanes) is 3. The molecule has 11 nitrogen and oxygen atoms in total. The maximum absolute atomic E-state index is 13.1. The molecule has 1 atom stereocenters. The third kappa shape index (κ3) is 6.89. The number of hydrogen-bond acceptors (Lipinski definition) is 8. The minimum atomic E-state index is -0.804. The van der Waals surface area contributed by atoms with Gasteiger partial charge in [0.1, 0.15) is 37.1 Å². The van der Waals surface area contributed by atoms with Crippen molar-refractivity contribution in [2.45, 2.75) is 66.2 Å². The zero-order valence-electron chi connectivity index (χ0n) is 30.3. The number of amides is 5. The second-order valence-corrected chi connectivity index (χ2v) is 14.6. The van der Waals surface area contributed by atoms with E-state index >= 15 is 0 Å². The van der Waals surface area contributed by atoms with Crippen molar-refractivity contribution in [2.24, 2.45) is 11.3 Å². The van der Waals surface area contributed by atoms with Gasteiger partial charge in [-0.15, -0.1) is 0 Å². The van der Waals surface area contributed by atoms with Crippen LogP contribution in [0.25, 0.3) is 0 Å². The smallest absolute Gasteiger partial charge is 0.261 e. The summed E-state index contributed by atoms with van der Waals surface area (Å²) < 4.78 is 19.2. The molecule has 0 bridgehead atoms. The molecule has 2 aromatic carbocycles. The first kappa shape index (κ1) is 37.3. The molecule has 12 heteroatoms. The fourth-order valence-corrected chi connectivity index (χ4v) is 7.36. The van der Waals surface area contributed by atoms with Crippen LogP contribution in [0.1, 0.15) is 108 Å². The fourth-order valence-electron chi connectivity index (χ4n) is 6.87. The number of carbonyl (C=O) groups excluding carboxylic acids is 5. The van der Waals surface area contributed by atoms with Gasteiger partial charge in [-0.25, -0.2) is 0 Å². The Hall–Kier alpha value is -4.45. The fraction of sp³-hybridized carbons (Fsp3) is 0.475. The number of alkyl halides is 1. The number of imide groups is 2. The Morgan fingerprint density at radius 2 is 1.06 bits per heavy atom. The molecule has 4 aliphatic rings. The van der Waals surface area contributed by atoms with Crippen LogP contribution in [0.4, 0.5) is 0 Å². The Labute approximate surface area is 313 Å². The average molecular weight is 777 g/mol. The minimum Gasteiger partial charge on any atom is -0.496 e. The van der Waals surface area contributed by atoms with E-state index in [0.717, 1.165) is 44.2 Å². The summed E-state index contributed by atoms with van der Waals surface area (Å²) in [6.07, 6.45) is 6.92. The molecular weight excluding hydrogens is 730 g/mol. The lowest BCUT2D eigenvalue weighted by Crippen LogP contribution is -2.43. The molecule has 0 spiro atoms. The van der Waals surface area contributed by atoms with Gasteiger partial charge in [0.05, 0.1) is 39.2 Å². The van der Waals surface area contributed by atoms with E-state index in [4.69, 9.17) is 14.2 Å². The zero-order chi connectivity index (χ0) is 37.2. The van der Waals surface area contributed by atoms with Crippen LogP contribution in [0.2, 0.25) is 0 Å². The molecule has 0 aromatic heterocycles. The van der Waals surface area contributed by atoms with Gasteiger partial charge in [0.2, 0.25) is 0 Å². The predicted molar refractivity (Wildman–Crippen MR) is 197 cm³/mol. The molecule has 1 aliphatic carbocycles. The van der Waals surface area contributed by atoms with Crippen molar-refractivity contribution in [1.29, 1.82) is 0 Å². The third-order valence-corrected chi connectivity index (χ3v) is 11.4. The van der Waals surface area contributed by atoms with Crippen molar-refractivity contribution in [1.82, 2.24) is 14.7 Å². The monoisotopic (exact) mass is 775 g/mol. The summed E-state index contributed by atoms with van der Waals surface area (Å²) >= 11 is 3.68. The van der Waals surface area contributed by atoms with E-state index in [1.165, 1.54) is 9.80 Å². The minimum absolute atomic E-state index is 0.0168. The van der Waals surface area contributed by atoms with Crippen molar-refractivity contribution < 1.29 is 38.2 Å². The lowest BCUT2D eigenvalue weighted by molar-refractivity contribution is -0.128. The number of fused-ring (bicyclic) bond motifs is 2. The van der Waals surface area contributed by atoms with E-state index in [2.05, 4.69) is 22.9 Å². The number of benzene rings is 2. The first-order valence-electron chi connectivity index (χ1n) is 18.3. The predicted octanol–water partition coefficient (Wildman–Crippen LogP) is 6.76. The lowest BCUT2D eigenvalue weighted by Gasteiger charge is -2.36. The van der Waals surface area contributed by atoms with Gasteiger partial charge in [-0.05, 0) is 68.7 Å². The lowest BCUT2D eigenvalue weighted by atomic mass is 9.93. The van der Waals surface area contributed by atoms with Gasteiger partial charge in [0, 0.05) is 30.7 Å². The highest BCUT2D eigenvalue weighted by molar-refractivity contribution is 9.09. The molecule has 0 fully saturated rings. The molecule has 0 saturated heterocycles. The van der Waals surface area contributed by atoms with Crippen LogP contribution >= 0.6 is 15.9 Å². The molecule has 0 N–H and O–H groups in total. The van der Waals surface area contributed by atoms with E-state index in [9.17, 15) is 24.0 Å². The van der Waals surface area contributed by atoms with Gasteiger partial charge in [0.15, 0.2) is 0 Å². The van der Waals surface area contributed by atoms with E-state index in [1.54, 1.807) is 36.4 Å². The van der Waals surface area contributed by atoms with Crippen LogP contribution in [-0.4, -0.2) is 89.0 Å². The van der Waals surface area contributed by atoms with Gasteiger partial charge in [-0.1, -0.05) is 56.0 Å². The third-order valence-electron chi connectivity index (χ3n) is 10.2. The Kier molecular flexibility index (Phi) is 11.2. The van der Waals surface area contributed by atoms with E-state index in [-0.39, 0.29) is 55.3 Å². The molecule has 0 saturated carbocycles. The van der Waals surface area contributed by atoms with Crippen molar-refractivity contribution >= 4 is 45.5 Å². The summed E-state index contributed by atoms with van der Waals surface area (Å²) in [6.45, 7) is 9.91. The zero-order valence-corrected chi connectivity index (χ0v) is 31.9.